The average molecular weight is 180 g/mol. The molecule has 1 heterocycles. The molecule has 0 saturated heterocycles. The third-order valence-corrected chi connectivity index (χ3v) is 3.04. The van der Waals surface area contributed by atoms with Crippen molar-refractivity contribution in [3.8, 4) is 0 Å². The summed E-state index contributed by atoms with van der Waals surface area (Å²) in [5.41, 5.74) is 7.19. The Balaban J connectivity index is 2.36. The molecule has 1 aliphatic carbocycles. The highest BCUT2D eigenvalue weighted by molar-refractivity contribution is 5.24. The topological polar surface area (TPSA) is 52.0 Å². The van der Waals surface area contributed by atoms with E-state index in [4.69, 9.17) is 10.3 Å². The first kappa shape index (κ1) is 8.75. The summed E-state index contributed by atoms with van der Waals surface area (Å²) in [6.45, 7) is 4.31. The van der Waals surface area contributed by atoms with E-state index < -0.39 is 0 Å². The molecule has 0 fully saturated rings. The smallest absolute Gasteiger partial charge is 0.140 e. The van der Waals surface area contributed by atoms with Crippen LogP contribution in [0.4, 0.5) is 0 Å². The van der Waals surface area contributed by atoms with Crippen molar-refractivity contribution in [1.82, 2.24) is 5.16 Å². The fraction of sp³-hybridized carbons (Fsp3) is 0.700. The van der Waals surface area contributed by atoms with Gasteiger partial charge in [0.15, 0.2) is 0 Å². The Morgan fingerprint density at radius 3 is 3.15 bits per heavy atom. The number of hydrogen-bond acceptors (Lipinski definition) is 3. The molecule has 3 heteroatoms. The largest absolute Gasteiger partial charge is 0.361 e. The van der Waals surface area contributed by atoms with E-state index in [0.717, 1.165) is 18.6 Å². The second-order valence-electron chi connectivity index (χ2n) is 4.11. The third kappa shape index (κ3) is 1.37. The van der Waals surface area contributed by atoms with Crippen LogP contribution in [0.2, 0.25) is 0 Å². The molecule has 0 aliphatic heterocycles. The van der Waals surface area contributed by atoms with E-state index in [1.165, 1.54) is 5.56 Å². The lowest BCUT2D eigenvalue weighted by Crippen LogP contribution is -2.32. The zero-order valence-corrected chi connectivity index (χ0v) is 8.16. The van der Waals surface area contributed by atoms with Gasteiger partial charge < -0.3 is 10.3 Å². The SMILES string of the molecule is CC(N)C1c2cnoc2CCC1C. The van der Waals surface area contributed by atoms with Crippen LogP contribution in [0.15, 0.2) is 10.7 Å². The minimum Gasteiger partial charge on any atom is -0.361 e. The van der Waals surface area contributed by atoms with Crippen molar-refractivity contribution in [3.63, 3.8) is 0 Å². The molecule has 0 aromatic carbocycles. The van der Waals surface area contributed by atoms with Crippen molar-refractivity contribution in [2.45, 2.75) is 38.6 Å². The number of nitrogens with zero attached hydrogens (tertiary/aromatic N) is 1. The molecule has 0 bridgehead atoms. The predicted molar refractivity (Wildman–Crippen MR) is 50.4 cm³/mol. The lowest BCUT2D eigenvalue weighted by atomic mass is 9.76. The molecule has 1 aromatic heterocycles. The average Bonchev–Trinajstić information content (AvgIpc) is 2.50. The fourth-order valence-corrected chi connectivity index (χ4v) is 2.38. The van der Waals surface area contributed by atoms with Crippen molar-refractivity contribution >= 4 is 0 Å². The summed E-state index contributed by atoms with van der Waals surface area (Å²) in [4.78, 5) is 0. The number of hydrogen-bond donors (Lipinski definition) is 1. The van der Waals surface area contributed by atoms with Gasteiger partial charge in [0.1, 0.15) is 5.76 Å². The molecule has 0 saturated carbocycles. The van der Waals surface area contributed by atoms with Crippen LogP contribution in [0.5, 0.6) is 0 Å². The van der Waals surface area contributed by atoms with E-state index in [1.54, 1.807) is 0 Å². The minimum absolute atomic E-state index is 0.188. The molecule has 13 heavy (non-hydrogen) atoms. The molecule has 1 aromatic rings. The molecule has 0 amide bonds. The van der Waals surface area contributed by atoms with Gasteiger partial charge >= 0.3 is 0 Å². The van der Waals surface area contributed by atoms with Gasteiger partial charge in [0, 0.05) is 23.9 Å². The zero-order valence-electron chi connectivity index (χ0n) is 8.16. The van der Waals surface area contributed by atoms with Crippen molar-refractivity contribution < 1.29 is 4.52 Å². The van der Waals surface area contributed by atoms with Gasteiger partial charge in [0.25, 0.3) is 0 Å². The molecule has 3 nitrogen and oxygen atoms in total. The van der Waals surface area contributed by atoms with Crippen molar-refractivity contribution in [3.05, 3.63) is 17.5 Å². The van der Waals surface area contributed by atoms with Gasteiger partial charge in [-0.15, -0.1) is 0 Å². The number of fused-ring (bicyclic) bond motifs is 1. The van der Waals surface area contributed by atoms with Gasteiger partial charge in [-0.1, -0.05) is 12.1 Å². The van der Waals surface area contributed by atoms with Gasteiger partial charge in [-0.2, -0.15) is 0 Å². The van der Waals surface area contributed by atoms with Crippen molar-refractivity contribution in [1.29, 1.82) is 0 Å². The van der Waals surface area contributed by atoms with Crippen molar-refractivity contribution in [2.75, 3.05) is 0 Å². The van der Waals surface area contributed by atoms with E-state index in [1.807, 2.05) is 6.20 Å². The van der Waals surface area contributed by atoms with Crippen molar-refractivity contribution in [2.24, 2.45) is 11.7 Å². The normalized spacial score (nSPS) is 29.8. The van der Waals surface area contributed by atoms with E-state index >= 15 is 0 Å². The van der Waals surface area contributed by atoms with E-state index in [9.17, 15) is 0 Å². The Labute approximate surface area is 78.3 Å². The molecular formula is C10H16N2O. The third-order valence-electron chi connectivity index (χ3n) is 3.04. The molecule has 2 rings (SSSR count). The van der Waals surface area contributed by atoms with E-state index in [-0.39, 0.29) is 6.04 Å². The summed E-state index contributed by atoms with van der Waals surface area (Å²) < 4.78 is 5.18. The van der Waals surface area contributed by atoms with Gasteiger partial charge in [0.05, 0.1) is 6.20 Å². The zero-order chi connectivity index (χ0) is 9.42. The Morgan fingerprint density at radius 1 is 1.69 bits per heavy atom. The predicted octanol–water partition coefficient (Wildman–Crippen LogP) is 1.69. The molecule has 72 valence electrons. The molecule has 3 unspecified atom stereocenters. The first-order valence-corrected chi connectivity index (χ1v) is 4.89. The Kier molecular flexibility index (Phi) is 2.12. The van der Waals surface area contributed by atoms with Crippen LogP contribution in [-0.4, -0.2) is 11.2 Å². The second kappa shape index (κ2) is 3.14. The maximum absolute atomic E-state index is 5.96. The van der Waals surface area contributed by atoms with Crippen LogP contribution in [0.1, 0.15) is 37.5 Å². The maximum Gasteiger partial charge on any atom is 0.140 e. The van der Waals surface area contributed by atoms with E-state index in [0.29, 0.717) is 11.8 Å². The summed E-state index contributed by atoms with van der Waals surface area (Å²) in [5, 5.41) is 3.84. The van der Waals surface area contributed by atoms with Gasteiger partial charge in [-0.3, -0.25) is 0 Å². The minimum atomic E-state index is 0.188. The summed E-state index contributed by atoms with van der Waals surface area (Å²) in [6.07, 6.45) is 4.01. The van der Waals surface area contributed by atoms with Gasteiger partial charge in [0.2, 0.25) is 0 Å². The standard InChI is InChI=1S/C10H16N2O/c1-6-3-4-9-8(5-12-13-9)10(6)7(2)11/h5-7,10H,3-4,11H2,1-2H3. The number of aromatic nitrogens is 1. The highest BCUT2D eigenvalue weighted by Gasteiger charge is 2.31. The lowest BCUT2D eigenvalue weighted by molar-refractivity contribution is 0.314. The monoisotopic (exact) mass is 180 g/mol. The van der Waals surface area contributed by atoms with Gasteiger partial charge in [-0.05, 0) is 19.3 Å². The fourth-order valence-electron chi connectivity index (χ4n) is 2.38. The molecular weight excluding hydrogens is 164 g/mol. The molecule has 1 aliphatic rings. The van der Waals surface area contributed by atoms with Crippen LogP contribution in [0.3, 0.4) is 0 Å². The summed E-state index contributed by atoms with van der Waals surface area (Å²) in [6, 6.07) is 0.188. The number of aryl methyl sites for hydroxylation is 1. The summed E-state index contributed by atoms with van der Waals surface area (Å²) >= 11 is 0. The first-order valence-electron chi connectivity index (χ1n) is 4.89. The highest BCUT2D eigenvalue weighted by Crippen LogP contribution is 2.37. The quantitative estimate of drug-likeness (QED) is 0.715. The molecule has 0 radical (unpaired) electrons. The second-order valence-corrected chi connectivity index (χ2v) is 4.11. The van der Waals surface area contributed by atoms with Gasteiger partial charge in [-0.25, -0.2) is 0 Å². The van der Waals surface area contributed by atoms with Crippen LogP contribution in [-0.2, 0) is 6.42 Å². The van der Waals surface area contributed by atoms with Crippen LogP contribution in [0, 0.1) is 5.92 Å². The Bertz CT molecular complexity index is 293. The summed E-state index contributed by atoms with van der Waals surface area (Å²) in [7, 11) is 0. The van der Waals surface area contributed by atoms with Crippen LogP contribution in [0.25, 0.3) is 0 Å². The maximum atomic E-state index is 5.96. The van der Waals surface area contributed by atoms with E-state index in [2.05, 4.69) is 19.0 Å². The summed E-state index contributed by atoms with van der Waals surface area (Å²) in [5.74, 6) is 2.11. The molecule has 2 N–H and O–H groups in total. The Hall–Kier alpha value is -0.830. The van der Waals surface area contributed by atoms with Crippen LogP contribution >= 0.6 is 0 Å². The number of nitrogens with two attached hydrogens (primary N) is 1. The first-order chi connectivity index (χ1) is 6.20. The molecule has 0 spiro atoms. The Morgan fingerprint density at radius 2 is 2.46 bits per heavy atom. The molecule has 3 atom stereocenters. The number of rotatable bonds is 1. The van der Waals surface area contributed by atoms with Crippen LogP contribution < -0.4 is 5.73 Å². The highest BCUT2D eigenvalue weighted by atomic mass is 16.5. The lowest BCUT2D eigenvalue weighted by Gasteiger charge is -2.30.